The van der Waals surface area contributed by atoms with E-state index in [1.165, 1.54) is 61.7 Å². The van der Waals surface area contributed by atoms with Crippen LogP contribution >= 0.6 is 0 Å². The van der Waals surface area contributed by atoms with Crippen molar-refractivity contribution in [2.24, 2.45) is 20.5 Å². The minimum Gasteiger partial charge on any atom is -0.508 e. The number of azo groups is 2. The maximum atomic E-state index is 11.9. The molecule has 0 unspecified atom stereocenters. The van der Waals surface area contributed by atoms with Crippen LogP contribution in [0.5, 0.6) is 17.2 Å². The predicted molar refractivity (Wildman–Crippen MR) is 107 cm³/mol. The molecule has 154 valence electrons. The Hall–Kier alpha value is -3.83. The molecule has 0 radical (unpaired) electrons. The third kappa shape index (κ3) is 5.16. The summed E-state index contributed by atoms with van der Waals surface area (Å²) < 4.78 is 38.5. The van der Waals surface area contributed by atoms with Gasteiger partial charge in [-0.05, 0) is 54.6 Å². The molecule has 0 aliphatic heterocycles. The van der Waals surface area contributed by atoms with Crippen molar-refractivity contribution in [1.82, 2.24) is 0 Å². The lowest BCUT2D eigenvalue weighted by molar-refractivity contribution is 0.415. The van der Waals surface area contributed by atoms with Crippen LogP contribution in [-0.2, 0) is 10.1 Å². The van der Waals surface area contributed by atoms with Crippen molar-refractivity contribution in [3.8, 4) is 17.2 Å². The number of phenols is 2. The number of aromatic hydroxyl groups is 2. The molecule has 11 heteroatoms. The Kier molecular flexibility index (Phi) is 6.04. The van der Waals surface area contributed by atoms with Crippen LogP contribution in [0.25, 0.3) is 0 Å². The highest BCUT2D eigenvalue weighted by Crippen LogP contribution is 2.39. The SMILES string of the molecule is COc1cc(N=Nc2ccc(O)cc2)c(S(=O)(=O)O)cc1N=Nc1ccc(O)cc1. The van der Waals surface area contributed by atoms with E-state index < -0.39 is 15.0 Å². The Morgan fingerprint density at radius 1 is 0.733 bits per heavy atom. The lowest BCUT2D eigenvalue weighted by Crippen LogP contribution is -1.99. The number of hydrogen-bond acceptors (Lipinski definition) is 9. The van der Waals surface area contributed by atoms with E-state index in [1.54, 1.807) is 0 Å². The minimum absolute atomic E-state index is 0.0294. The van der Waals surface area contributed by atoms with Gasteiger partial charge in [-0.3, -0.25) is 4.55 Å². The molecule has 30 heavy (non-hydrogen) atoms. The Morgan fingerprint density at radius 3 is 1.63 bits per heavy atom. The molecule has 0 fully saturated rings. The largest absolute Gasteiger partial charge is 0.508 e. The zero-order valence-electron chi connectivity index (χ0n) is 15.5. The van der Waals surface area contributed by atoms with Crippen LogP contribution in [0.4, 0.5) is 22.7 Å². The summed E-state index contributed by atoms with van der Waals surface area (Å²) in [5.41, 5.74) is 0.608. The molecule has 0 amide bonds. The summed E-state index contributed by atoms with van der Waals surface area (Å²) in [6, 6.07) is 13.9. The number of hydrogen-bond donors (Lipinski definition) is 3. The fourth-order valence-corrected chi connectivity index (χ4v) is 2.95. The number of nitrogens with zero attached hydrogens (tertiary/aromatic N) is 4. The first-order valence-electron chi connectivity index (χ1n) is 8.37. The summed E-state index contributed by atoms with van der Waals surface area (Å²) in [7, 11) is -3.31. The fraction of sp³-hybridized carbons (Fsp3) is 0.0526. The van der Waals surface area contributed by atoms with Gasteiger partial charge >= 0.3 is 0 Å². The normalized spacial score (nSPS) is 11.9. The van der Waals surface area contributed by atoms with Crippen molar-refractivity contribution in [1.29, 1.82) is 0 Å². The summed E-state index contributed by atoms with van der Waals surface area (Å²) in [5, 5.41) is 34.3. The Bertz CT molecular complexity index is 1210. The predicted octanol–water partition coefficient (Wildman–Crippen LogP) is 5.18. The van der Waals surface area contributed by atoms with Crippen LogP contribution in [-0.4, -0.2) is 30.3 Å². The van der Waals surface area contributed by atoms with E-state index in [1.807, 2.05) is 0 Å². The van der Waals surface area contributed by atoms with Crippen LogP contribution in [0.2, 0.25) is 0 Å². The third-order valence-corrected chi connectivity index (χ3v) is 4.67. The number of methoxy groups -OCH3 is 1. The molecule has 0 saturated carbocycles. The first-order valence-corrected chi connectivity index (χ1v) is 9.81. The van der Waals surface area contributed by atoms with Gasteiger partial charge in [0.15, 0.2) is 0 Å². The standard InChI is InChI=1S/C19H16N4O6S/c1-29-18-10-17(23-21-13-4-8-15(25)9-5-13)19(30(26,27)28)11-16(18)22-20-12-2-6-14(24)7-3-12/h2-11,24-25H,1H3,(H,26,27,28). The van der Waals surface area contributed by atoms with E-state index in [2.05, 4.69) is 20.5 Å². The molecule has 3 aromatic carbocycles. The topological polar surface area (TPSA) is 153 Å². The average Bonchev–Trinajstić information content (AvgIpc) is 2.72. The smallest absolute Gasteiger partial charge is 0.296 e. The van der Waals surface area contributed by atoms with Crippen molar-refractivity contribution in [3.05, 3.63) is 60.7 Å². The number of rotatable bonds is 6. The number of ether oxygens (including phenoxy) is 1. The zero-order chi connectivity index (χ0) is 21.7. The molecule has 0 spiro atoms. The summed E-state index contributed by atoms with van der Waals surface area (Å²) >= 11 is 0. The first kappa shape index (κ1) is 20.9. The molecule has 0 saturated heterocycles. The van der Waals surface area contributed by atoms with Gasteiger partial charge in [-0.25, -0.2) is 0 Å². The summed E-state index contributed by atoms with van der Waals surface area (Å²) in [6.45, 7) is 0. The van der Waals surface area contributed by atoms with E-state index in [0.717, 1.165) is 6.07 Å². The Balaban J connectivity index is 2.03. The van der Waals surface area contributed by atoms with Crippen LogP contribution in [0.1, 0.15) is 0 Å². The first-order chi connectivity index (χ1) is 14.3. The number of benzene rings is 3. The van der Waals surface area contributed by atoms with E-state index in [4.69, 9.17) is 4.74 Å². The molecule has 0 bridgehead atoms. The Morgan fingerprint density at radius 2 is 1.20 bits per heavy atom. The van der Waals surface area contributed by atoms with Crippen LogP contribution in [0.15, 0.2) is 86.0 Å². The molecular formula is C19H16N4O6S. The highest BCUT2D eigenvalue weighted by molar-refractivity contribution is 7.86. The lowest BCUT2D eigenvalue weighted by Gasteiger charge is -2.08. The fourth-order valence-electron chi connectivity index (χ4n) is 2.33. The van der Waals surface area contributed by atoms with Gasteiger partial charge in [0, 0.05) is 6.07 Å². The van der Waals surface area contributed by atoms with Crippen molar-refractivity contribution in [3.63, 3.8) is 0 Å². The molecule has 0 atom stereocenters. The maximum Gasteiger partial charge on any atom is 0.296 e. The van der Waals surface area contributed by atoms with Gasteiger partial charge in [-0.1, -0.05) is 0 Å². The Labute approximate surface area is 171 Å². The molecule has 10 nitrogen and oxygen atoms in total. The summed E-state index contributed by atoms with van der Waals surface area (Å²) in [6.07, 6.45) is 0. The maximum absolute atomic E-state index is 11.9. The minimum atomic E-state index is -4.66. The molecule has 0 aromatic heterocycles. The second-order valence-electron chi connectivity index (χ2n) is 5.90. The van der Waals surface area contributed by atoms with E-state index in [9.17, 15) is 23.2 Å². The summed E-state index contributed by atoms with van der Waals surface area (Å²) in [4.78, 5) is -0.537. The van der Waals surface area contributed by atoms with Gasteiger partial charge in [0.2, 0.25) is 0 Å². The lowest BCUT2D eigenvalue weighted by atomic mass is 10.2. The van der Waals surface area contributed by atoms with Gasteiger partial charge in [-0.15, -0.1) is 10.2 Å². The van der Waals surface area contributed by atoms with Crippen LogP contribution < -0.4 is 4.74 Å². The third-order valence-electron chi connectivity index (χ3n) is 3.78. The van der Waals surface area contributed by atoms with Gasteiger partial charge < -0.3 is 14.9 Å². The highest BCUT2D eigenvalue weighted by Gasteiger charge is 2.20. The van der Waals surface area contributed by atoms with Crippen molar-refractivity contribution in [2.45, 2.75) is 4.90 Å². The van der Waals surface area contributed by atoms with E-state index in [0.29, 0.717) is 11.4 Å². The second kappa shape index (κ2) is 8.68. The molecule has 0 aliphatic rings. The van der Waals surface area contributed by atoms with Gasteiger partial charge in [-0.2, -0.15) is 18.6 Å². The summed E-state index contributed by atoms with van der Waals surface area (Å²) in [5.74, 6) is 0.241. The molecule has 3 aromatic rings. The van der Waals surface area contributed by atoms with Gasteiger partial charge in [0.1, 0.15) is 33.5 Å². The van der Waals surface area contributed by atoms with E-state index >= 15 is 0 Å². The second-order valence-corrected chi connectivity index (χ2v) is 7.29. The highest BCUT2D eigenvalue weighted by atomic mass is 32.2. The molecular weight excluding hydrogens is 412 g/mol. The monoisotopic (exact) mass is 428 g/mol. The van der Waals surface area contributed by atoms with Gasteiger partial charge in [0.25, 0.3) is 10.1 Å². The number of phenolic OH excluding ortho intramolecular Hbond substituents is 2. The van der Waals surface area contributed by atoms with Crippen molar-refractivity contribution < 1.29 is 27.9 Å². The molecule has 0 aliphatic carbocycles. The average molecular weight is 428 g/mol. The molecule has 0 heterocycles. The van der Waals surface area contributed by atoms with Crippen molar-refractivity contribution >= 4 is 32.9 Å². The van der Waals surface area contributed by atoms with Crippen molar-refractivity contribution in [2.75, 3.05) is 7.11 Å². The molecule has 3 N–H and O–H groups in total. The molecule has 3 rings (SSSR count). The quantitative estimate of drug-likeness (QED) is 0.363. The van der Waals surface area contributed by atoms with Crippen LogP contribution in [0.3, 0.4) is 0 Å². The van der Waals surface area contributed by atoms with E-state index in [-0.39, 0.29) is 28.6 Å². The van der Waals surface area contributed by atoms with Gasteiger partial charge in [0.05, 0.1) is 18.5 Å². The zero-order valence-corrected chi connectivity index (χ0v) is 16.4. The van der Waals surface area contributed by atoms with Crippen LogP contribution in [0, 0.1) is 0 Å².